The van der Waals surface area contributed by atoms with Crippen molar-refractivity contribution in [3.8, 4) is 0 Å². The topological polar surface area (TPSA) is 0 Å². The average molecular weight is 1140 g/mol. The van der Waals surface area contributed by atoms with Crippen LogP contribution < -0.4 is 0 Å². The van der Waals surface area contributed by atoms with Crippen LogP contribution in [0.15, 0.2) is 164 Å². The van der Waals surface area contributed by atoms with Crippen LogP contribution in [0.3, 0.4) is 0 Å². The zero-order valence-corrected chi connectivity index (χ0v) is 42.2. The van der Waals surface area contributed by atoms with E-state index in [0.717, 1.165) is 36.7 Å². The van der Waals surface area contributed by atoms with Crippen LogP contribution in [0, 0.1) is 12.2 Å². The van der Waals surface area contributed by atoms with Crippen LogP contribution in [-0.2, 0) is 73.5 Å². The molecule has 0 fully saturated rings. The van der Waals surface area contributed by atoms with Crippen LogP contribution in [0.5, 0.6) is 0 Å². The fourth-order valence-corrected chi connectivity index (χ4v) is 7.77. The summed E-state index contributed by atoms with van der Waals surface area (Å²) in [4.78, 5) is 0. The molecule has 0 atom stereocenters. The molecule has 0 heterocycles. The van der Waals surface area contributed by atoms with Gasteiger partial charge in [-0.1, -0.05) is 51.4 Å². The summed E-state index contributed by atoms with van der Waals surface area (Å²) in [5, 5.41) is 0. The summed E-state index contributed by atoms with van der Waals surface area (Å²) in [6.07, 6.45) is 30.9. The van der Waals surface area contributed by atoms with E-state index in [1.807, 2.05) is 30.4 Å². The quantitative estimate of drug-likeness (QED) is 0.125. The number of allylic oxidation sites excluding steroid dienone is 8. The van der Waals surface area contributed by atoms with E-state index in [1.165, 1.54) is 98.5 Å². The van der Waals surface area contributed by atoms with Crippen molar-refractivity contribution in [2.75, 3.05) is 0 Å². The van der Waals surface area contributed by atoms with E-state index in [1.54, 1.807) is 22.3 Å². The smallest absolute Gasteiger partial charge is 0.0512 e. The Kier molecular flexibility index (Phi) is 31.8. The normalized spacial score (nSPS) is 12.9. The molecule has 0 saturated heterocycles. The Bertz CT molecular complexity index is 1660. The maximum absolute atomic E-state index is 2.99. The molecule has 0 aromatic heterocycles. The molecule has 9 rings (SSSR count). The maximum Gasteiger partial charge on any atom is -0.0512 e. The van der Waals surface area contributed by atoms with Crippen molar-refractivity contribution in [3.63, 3.8) is 0 Å². The van der Waals surface area contributed by atoms with E-state index in [-0.39, 0.29) is 49.6 Å². The molecule has 4 aliphatic rings. The van der Waals surface area contributed by atoms with Crippen LogP contribution >= 0.6 is 49.6 Å². The van der Waals surface area contributed by atoms with Crippen LogP contribution in [0.4, 0.5) is 0 Å². The molecule has 0 radical (unpaired) electrons. The molecule has 0 unspecified atom stereocenters. The third kappa shape index (κ3) is 21.3. The molecule has 0 N–H and O–H groups in total. The van der Waals surface area contributed by atoms with Gasteiger partial charge in [0.05, 0.1) is 0 Å². The molecule has 5 aromatic carbocycles. The molecule has 0 spiro atoms. The molecular formula is C49H54Cl4Hf2. The fourth-order valence-electron chi connectivity index (χ4n) is 5.97. The van der Waals surface area contributed by atoms with Gasteiger partial charge in [-0.2, -0.15) is 58.7 Å². The average Bonchev–Trinajstić information content (AvgIpc) is 4.06. The minimum absolute atomic E-state index is 0. The number of fused-ring (bicyclic) bond motifs is 2. The van der Waals surface area contributed by atoms with Crippen molar-refractivity contribution in [3.05, 3.63) is 215 Å². The summed E-state index contributed by atoms with van der Waals surface area (Å²) < 4.78 is 2.97. The van der Waals surface area contributed by atoms with Crippen molar-refractivity contribution in [1.82, 2.24) is 0 Å². The van der Waals surface area contributed by atoms with Gasteiger partial charge in [0, 0.05) is 0 Å². The molecule has 0 aliphatic heterocycles. The number of hydrogen-bond donors (Lipinski definition) is 0. The van der Waals surface area contributed by atoms with Gasteiger partial charge in [0.1, 0.15) is 0 Å². The van der Waals surface area contributed by atoms with Crippen LogP contribution in [0.25, 0.3) is 0 Å². The van der Waals surface area contributed by atoms with Crippen molar-refractivity contribution in [2.45, 2.75) is 71.1 Å². The van der Waals surface area contributed by atoms with Crippen LogP contribution in [-0.4, -0.2) is 6.51 Å². The third-order valence-corrected chi connectivity index (χ3v) is 11.9. The first-order valence-electron chi connectivity index (χ1n) is 18.3. The maximum atomic E-state index is 2.99. The monoisotopic (exact) mass is 1140 g/mol. The van der Waals surface area contributed by atoms with Gasteiger partial charge in [0.15, 0.2) is 0 Å². The van der Waals surface area contributed by atoms with E-state index in [2.05, 4.69) is 153 Å². The molecular weight excluding hydrogens is 1090 g/mol. The number of benzene rings is 3. The molecule has 0 amide bonds. The first-order valence-corrected chi connectivity index (χ1v) is 21.9. The fraction of sp³-hybridized carbons (Fsp3) is 0.224. The van der Waals surface area contributed by atoms with Crippen LogP contribution in [0.1, 0.15) is 84.4 Å². The number of halogens is 4. The van der Waals surface area contributed by atoms with Crippen molar-refractivity contribution < 1.29 is 47.8 Å². The van der Waals surface area contributed by atoms with Gasteiger partial charge in [-0.25, -0.2) is 36.4 Å². The molecule has 0 saturated carbocycles. The molecule has 6 heteroatoms. The summed E-state index contributed by atoms with van der Waals surface area (Å²) in [6.45, 7) is 2.18. The van der Waals surface area contributed by atoms with Gasteiger partial charge in [-0.3, -0.25) is 12.2 Å². The molecule has 55 heavy (non-hydrogen) atoms. The van der Waals surface area contributed by atoms with Crippen molar-refractivity contribution in [2.24, 2.45) is 0 Å². The number of aryl methyl sites for hydroxylation is 4. The Morgan fingerprint density at radius 2 is 0.855 bits per heavy atom. The molecule has 5 aromatic rings. The van der Waals surface area contributed by atoms with E-state index < -0.39 is 0 Å². The summed E-state index contributed by atoms with van der Waals surface area (Å²) >= 11 is 2.25. The Morgan fingerprint density at radius 1 is 0.491 bits per heavy atom. The SMILES string of the molecule is C[C](=[Hf+2])c1ccccc1.Cl.Cl.Cl.Cl.[C-]1=CC=CC1.[C-]1=CC=CC1.[Hf+2]=[C](c1ccccc1)c1ccccc1.c1cc2c([cH-]1)CCCC2.c1cc2c([cH-]1)CCCC2. The molecule has 4 aliphatic carbocycles. The minimum Gasteiger partial charge on any atom is -0.210 e. The zero-order chi connectivity index (χ0) is 35.8. The number of hydrogen-bond acceptors (Lipinski definition) is 0. The van der Waals surface area contributed by atoms with Gasteiger partial charge < -0.3 is 0 Å². The largest absolute Gasteiger partial charge is 0.210 e. The Balaban J connectivity index is 0.000000646. The van der Waals surface area contributed by atoms with Gasteiger partial charge >= 0.3 is 169 Å². The minimum atomic E-state index is 0. The Morgan fingerprint density at radius 3 is 1.13 bits per heavy atom. The second-order valence-electron chi connectivity index (χ2n) is 12.7. The summed E-state index contributed by atoms with van der Waals surface area (Å²) in [7, 11) is 0. The van der Waals surface area contributed by atoms with Gasteiger partial charge in [-0.05, 0) is 0 Å². The first-order chi connectivity index (χ1) is 25.1. The second-order valence-corrected chi connectivity index (χ2v) is 17.2. The first kappa shape index (κ1) is 53.0. The summed E-state index contributed by atoms with van der Waals surface area (Å²) in [5.74, 6) is 0. The van der Waals surface area contributed by atoms with Gasteiger partial charge in [0.25, 0.3) is 0 Å². The predicted octanol–water partition coefficient (Wildman–Crippen LogP) is 13.4. The van der Waals surface area contributed by atoms with E-state index in [4.69, 9.17) is 0 Å². The van der Waals surface area contributed by atoms with Gasteiger partial charge in [0.2, 0.25) is 0 Å². The Hall–Kier alpha value is -2.04. The number of rotatable bonds is 3. The molecule has 0 nitrogen and oxygen atoms in total. The third-order valence-electron chi connectivity index (χ3n) is 8.80. The van der Waals surface area contributed by atoms with Crippen molar-refractivity contribution >= 4 is 56.1 Å². The molecule has 286 valence electrons. The summed E-state index contributed by atoms with van der Waals surface area (Å²) in [5.41, 5.74) is 10.5. The predicted molar refractivity (Wildman–Crippen MR) is 242 cm³/mol. The van der Waals surface area contributed by atoms with E-state index >= 15 is 0 Å². The van der Waals surface area contributed by atoms with E-state index in [0.29, 0.717) is 0 Å². The van der Waals surface area contributed by atoms with Crippen molar-refractivity contribution in [1.29, 1.82) is 0 Å². The van der Waals surface area contributed by atoms with Crippen LogP contribution in [0.2, 0.25) is 0 Å². The zero-order valence-electron chi connectivity index (χ0n) is 31.8. The standard InChI is InChI=1S/C13H10.2C9H11.C8H8.2C5H5.4ClH.2Hf/c1-3-7-12(8-4-1)11-13-9-5-2-6-10-13;2*1-2-5-9-7-3-6-8(9)4-1;1-2-8-6-4-3-5-7-8;2*1-2-4-5-3-1;;;;;;/h1-10H;2*3,6-7H,1-2,4-5H2;3-7H,1H3;2*1-3H,4H2;4*1H;;/q;2*-1;;2*-1;;;;;2*+2. The van der Waals surface area contributed by atoms with Gasteiger partial charge in [-0.15, -0.1) is 62.5 Å². The second kappa shape index (κ2) is 33.0. The molecule has 0 bridgehead atoms. The summed E-state index contributed by atoms with van der Waals surface area (Å²) in [6, 6.07) is 45.1. The Labute approximate surface area is 386 Å². The van der Waals surface area contributed by atoms with E-state index in [9.17, 15) is 0 Å².